The van der Waals surface area contributed by atoms with Crippen molar-refractivity contribution in [2.45, 2.75) is 13.8 Å². The summed E-state index contributed by atoms with van der Waals surface area (Å²) in [7, 11) is 0. The van der Waals surface area contributed by atoms with Gasteiger partial charge in [-0.1, -0.05) is 60.7 Å². The van der Waals surface area contributed by atoms with Gasteiger partial charge in [-0.05, 0) is 26.0 Å². The van der Waals surface area contributed by atoms with E-state index in [0.717, 1.165) is 33.8 Å². The number of para-hydroxylation sites is 2. The molecule has 0 saturated carbocycles. The average Bonchev–Trinajstić information content (AvgIpc) is 2.68. The van der Waals surface area contributed by atoms with Gasteiger partial charge in [0.1, 0.15) is 24.7 Å². The van der Waals surface area contributed by atoms with Crippen molar-refractivity contribution < 1.29 is 18.9 Å². The standard InChI is InChI=1S/C24H30O4/c1-19(2)17-25-13-15-27-23-11-7-5-9-21(23)22-10-6-8-12-24(22)28-16-14-26-18-20(3)4/h5-12H,1,3,13-18H2,2,4H3. The molecule has 0 aliphatic rings. The zero-order valence-electron chi connectivity index (χ0n) is 16.9. The van der Waals surface area contributed by atoms with Gasteiger partial charge in [-0.25, -0.2) is 0 Å². The number of hydrogen-bond donors (Lipinski definition) is 0. The van der Waals surface area contributed by atoms with Crippen LogP contribution in [0.25, 0.3) is 11.1 Å². The van der Waals surface area contributed by atoms with Gasteiger partial charge in [-0.2, -0.15) is 0 Å². The Kier molecular flexibility index (Phi) is 9.32. The maximum atomic E-state index is 5.95. The van der Waals surface area contributed by atoms with Crippen molar-refractivity contribution in [2.75, 3.05) is 39.6 Å². The van der Waals surface area contributed by atoms with E-state index in [1.165, 1.54) is 0 Å². The zero-order chi connectivity index (χ0) is 20.2. The molecule has 0 spiro atoms. The minimum Gasteiger partial charge on any atom is -0.491 e. The van der Waals surface area contributed by atoms with Crippen molar-refractivity contribution in [3.8, 4) is 22.6 Å². The highest BCUT2D eigenvalue weighted by atomic mass is 16.5. The first kappa shape index (κ1) is 21.7. The summed E-state index contributed by atoms with van der Waals surface area (Å²) in [4.78, 5) is 0. The van der Waals surface area contributed by atoms with Crippen LogP contribution in [0.4, 0.5) is 0 Å². The fourth-order valence-electron chi connectivity index (χ4n) is 2.54. The second-order valence-electron chi connectivity index (χ2n) is 6.71. The summed E-state index contributed by atoms with van der Waals surface area (Å²) in [5, 5.41) is 0. The molecule has 0 saturated heterocycles. The van der Waals surface area contributed by atoms with Gasteiger partial charge in [0.25, 0.3) is 0 Å². The Morgan fingerprint density at radius 1 is 0.643 bits per heavy atom. The quantitative estimate of drug-likeness (QED) is 0.348. The lowest BCUT2D eigenvalue weighted by molar-refractivity contribution is 0.116. The highest BCUT2D eigenvalue weighted by Crippen LogP contribution is 2.36. The molecule has 0 N–H and O–H groups in total. The van der Waals surface area contributed by atoms with Crippen LogP contribution in [0.1, 0.15) is 13.8 Å². The molecule has 0 unspecified atom stereocenters. The number of benzene rings is 2. The van der Waals surface area contributed by atoms with Crippen LogP contribution in [0.15, 0.2) is 72.8 Å². The van der Waals surface area contributed by atoms with Gasteiger partial charge >= 0.3 is 0 Å². The summed E-state index contributed by atoms with van der Waals surface area (Å²) in [6.45, 7) is 14.6. The fraction of sp³-hybridized carbons (Fsp3) is 0.333. The average molecular weight is 383 g/mol. The van der Waals surface area contributed by atoms with Crippen molar-refractivity contribution in [1.82, 2.24) is 0 Å². The molecule has 0 amide bonds. The molecule has 4 nitrogen and oxygen atoms in total. The molecule has 2 rings (SSSR count). The summed E-state index contributed by atoms with van der Waals surface area (Å²) in [6, 6.07) is 15.9. The lowest BCUT2D eigenvalue weighted by atomic mass is 10.0. The molecule has 0 heterocycles. The topological polar surface area (TPSA) is 36.9 Å². The van der Waals surface area contributed by atoms with E-state index in [4.69, 9.17) is 18.9 Å². The molecule has 0 bridgehead atoms. The van der Waals surface area contributed by atoms with Crippen molar-refractivity contribution in [1.29, 1.82) is 0 Å². The van der Waals surface area contributed by atoms with Crippen LogP contribution in [-0.4, -0.2) is 39.6 Å². The molecular formula is C24H30O4. The summed E-state index contributed by atoms with van der Waals surface area (Å²) in [5.74, 6) is 1.60. The Morgan fingerprint density at radius 2 is 1.04 bits per heavy atom. The van der Waals surface area contributed by atoms with Crippen LogP contribution in [0.2, 0.25) is 0 Å². The van der Waals surface area contributed by atoms with Crippen molar-refractivity contribution in [3.05, 3.63) is 72.8 Å². The van der Waals surface area contributed by atoms with E-state index in [1.54, 1.807) is 0 Å². The van der Waals surface area contributed by atoms with Crippen LogP contribution in [0.5, 0.6) is 11.5 Å². The maximum absolute atomic E-state index is 5.95. The Morgan fingerprint density at radius 3 is 1.43 bits per heavy atom. The van der Waals surface area contributed by atoms with E-state index >= 15 is 0 Å². The zero-order valence-corrected chi connectivity index (χ0v) is 16.9. The molecule has 2 aromatic rings. The Labute approximate surface area is 168 Å². The SMILES string of the molecule is C=C(C)COCCOc1ccccc1-c1ccccc1OCCOCC(=C)C. The lowest BCUT2D eigenvalue weighted by Gasteiger charge is -2.15. The summed E-state index contributed by atoms with van der Waals surface area (Å²) >= 11 is 0. The smallest absolute Gasteiger partial charge is 0.127 e. The second kappa shape index (κ2) is 12.0. The van der Waals surface area contributed by atoms with Crippen LogP contribution in [-0.2, 0) is 9.47 Å². The monoisotopic (exact) mass is 382 g/mol. The lowest BCUT2D eigenvalue weighted by Crippen LogP contribution is -2.09. The van der Waals surface area contributed by atoms with Gasteiger partial charge in [-0.15, -0.1) is 0 Å². The van der Waals surface area contributed by atoms with Gasteiger partial charge in [0.2, 0.25) is 0 Å². The minimum atomic E-state index is 0.474. The second-order valence-corrected chi connectivity index (χ2v) is 6.71. The Balaban J connectivity index is 2.00. The largest absolute Gasteiger partial charge is 0.491 e. The van der Waals surface area contributed by atoms with E-state index in [9.17, 15) is 0 Å². The van der Waals surface area contributed by atoms with E-state index in [1.807, 2.05) is 62.4 Å². The normalized spacial score (nSPS) is 10.5. The maximum Gasteiger partial charge on any atom is 0.127 e. The van der Waals surface area contributed by atoms with Crippen LogP contribution in [0.3, 0.4) is 0 Å². The summed E-state index contributed by atoms with van der Waals surface area (Å²) in [5.41, 5.74) is 3.97. The van der Waals surface area contributed by atoms with E-state index in [-0.39, 0.29) is 0 Å². The molecule has 0 aromatic heterocycles. The highest BCUT2D eigenvalue weighted by molar-refractivity contribution is 5.75. The van der Waals surface area contributed by atoms with Crippen LogP contribution in [0, 0.1) is 0 Å². The Bertz CT molecular complexity index is 701. The molecule has 0 radical (unpaired) electrons. The van der Waals surface area contributed by atoms with Gasteiger partial charge in [0.15, 0.2) is 0 Å². The minimum absolute atomic E-state index is 0.474. The van der Waals surface area contributed by atoms with Crippen molar-refractivity contribution in [3.63, 3.8) is 0 Å². The predicted molar refractivity (Wildman–Crippen MR) is 114 cm³/mol. The van der Waals surface area contributed by atoms with Crippen LogP contribution >= 0.6 is 0 Å². The van der Waals surface area contributed by atoms with Crippen molar-refractivity contribution >= 4 is 0 Å². The van der Waals surface area contributed by atoms with Gasteiger partial charge < -0.3 is 18.9 Å². The summed E-state index contributed by atoms with van der Waals surface area (Å²) < 4.78 is 22.9. The first-order chi connectivity index (χ1) is 13.6. The molecule has 2 aromatic carbocycles. The van der Waals surface area contributed by atoms with Crippen molar-refractivity contribution in [2.24, 2.45) is 0 Å². The molecule has 0 aliphatic heterocycles. The van der Waals surface area contributed by atoms with Gasteiger partial charge in [-0.3, -0.25) is 0 Å². The van der Waals surface area contributed by atoms with E-state index in [0.29, 0.717) is 39.6 Å². The van der Waals surface area contributed by atoms with Gasteiger partial charge in [0, 0.05) is 11.1 Å². The molecule has 0 fully saturated rings. The van der Waals surface area contributed by atoms with Crippen LogP contribution < -0.4 is 9.47 Å². The summed E-state index contributed by atoms with van der Waals surface area (Å²) in [6.07, 6.45) is 0. The fourth-order valence-corrected chi connectivity index (χ4v) is 2.54. The third kappa shape index (κ3) is 7.59. The molecular weight excluding hydrogens is 352 g/mol. The number of ether oxygens (including phenoxy) is 4. The van der Waals surface area contributed by atoms with Gasteiger partial charge in [0.05, 0.1) is 26.4 Å². The first-order valence-electron chi connectivity index (χ1n) is 9.46. The number of rotatable bonds is 13. The van der Waals surface area contributed by atoms with E-state index < -0.39 is 0 Å². The number of hydrogen-bond acceptors (Lipinski definition) is 4. The van der Waals surface area contributed by atoms with E-state index in [2.05, 4.69) is 13.2 Å². The molecule has 0 aliphatic carbocycles. The highest BCUT2D eigenvalue weighted by Gasteiger charge is 2.11. The molecule has 28 heavy (non-hydrogen) atoms. The molecule has 150 valence electrons. The predicted octanol–water partition coefficient (Wildman–Crippen LogP) is 5.30. The molecule has 0 atom stereocenters. The third-order valence-electron chi connectivity index (χ3n) is 3.73. The Hall–Kier alpha value is -2.56. The molecule has 4 heteroatoms. The first-order valence-corrected chi connectivity index (χ1v) is 9.46. The third-order valence-corrected chi connectivity index (χ3v) is 3.73.